The maximum atomic E-state index is 12.5. The van der Waals surface area contributed by atoms with Crippen LogP contribution in [-0.2, 0) is 33.3 Å². The Morgan fingerprint density at radius 1 is 0.609 bits per heavy atom. The summed E-state index contributed by atoms with van der Waals surface area (Å²) in [5.41, 5.74) is 1.91. The quantitative estimate of drug-likeness (QED) is 0.233. The number of rotatable bonds is 0. The van der Waals surface area contributed by atoms with Crippen LogP contribution in [0.3, 0.4) is 0 Å². The fourth-order valence-electron chi connectivity index (χ4n) is 11.3. The lowest BCUT2D eigenvalue weighted by molar-refractivity contribution is -0.138. The SMILES string of the molecule is CN1CC[C@]23c4c5c(O)c(O)c(O)c4O[C@H]2C(=O)CC[C@H]3[C@H]1C5.CN1CC[C@]23c4c5c(O)c(O)c(O)c4O[C@H]2C(=O)CC[C@H]3[C@H]1C5. The smallest absolute Gasteiger partial charge is 0.204 e. The predicted octanol–water partition coefficient (Wildman–Crippen LogP) is 2.08. The number of likely N-dealkylation sites (N-methyl/N-ethyl adjacent to an activating group) is 2. The van der Waals surface area contributed by atoms with E-state index in [1.54, 1.807) is 0 Å². The van der Waals surface area contributed by atoms with Crippen molar-refractivity contribution in [2.75, 3.05) is 27.2 Å². The molecule has 4 aliphatic heterocycles. The van der Waals surface area contributed by atoms with Crippen LogP contribution < -0.4 is 9.47 Å². The Kier molecular flexibility index (Phi) is 5.49. The molecule has 6 N–H and O–H groups in total. The van der Waals surface area contributed by atoms with E-state index in [1.165, 1.54) is 0 Å². The van der Waals surface area contributed by atoms with Gasteiger partial charge in [-0.2, -0.15) is 0 Å². The van der Waals surface area contributed by atoms with Crippen molar-refractivity contribution in [3.63, 3.8) is 0 Å². The lowest BCUT2D eigenvalue weighted by Gasteiger charge is -2.57. The number of carbonyl (C=O) groups is 2. The number of piperidine rings is 2. The van der Waals surface area contributed by atoms with E-state index in [9.17, 15) is 40.2 Å². The monoisotopic (exact) mass is 634 g/mol. The van der Waals surface area contributed by atoms with Crippen molar-refractivity contribution in [1.29, 1.82) is 0 Å². The molecule has 46 heavy (non-hydrogen) atoms. The van der Waals surface area contributed by atoms with E-state index >= 15 is 0 Å². The Morgan fingerprint density at radius 3 is 1.39 bits per heavy atom. The Morgan fingerprint density at radius 2 is 1.00 bits per heavy atom. The molecule has 0 aromatic heterocycles. The molecule has 12 heteroatoms. The number of carbonyl (C=O) groups excluding carboxylic acids is 2. The molecular formula is C34H38N2O10. The van der Waals surface area contributed by atoms with Gasteiger partial charge >= 0.3 is 0 Å². The standard InChI is InChI=1S/2C17H19NO5/c2*1-18-5-4-17-8-2-3-10(19)16(17)23-15-11(17)7(6-9(8)18)12(20)13(21)14(15)22/h2*8-9,16,20-22H,2-6H2,1H3/t2*8-,9+,16-,17-/m00/s1. The first kappa shape index (κ1) is 28.3. The summed E-state index contributed by atoms with van der Waals surface area (Å²) in [6.07, 6.45) is 4.16. The number of phenolic OH excluding ortho intramolecular Hbond substituents is 6. The fraction of sp³-hybridized carbons (Fsp3) is 0.588. The van der Waals surface area contributed by atoms with Crippen molar-refractivity contribution < 1.29 is 49.7 Å². The summed E-state index contributed by atoms with van der Waals surface area (Å²) in [7, 11) is 4.14. The van der Waals surface area contributed by atoms with Gasteiger partial charge in [-0.1, -0.05) is 0 Å². The van der Waals surface area contributed by atoms with Crippen LogP contribution in [0.2, 0.25) is 0 Å². The van der Waals surface area contributed by atoms with E-state index in [1.807, 2.05) is 0 Å². The van der Waals surface area contributed by atoms with E-state index in [-0.39, 0.29) is 58.5 Å². The summed E-state index contributed by atoms with van der Waals surface area (Å²) in [5.74, 6) is -1.37. The number of Topliss-reactive ketones (excluding diaryl/α,β-unsaturated/α-hetero) is 2. The van der Waals surface area contributed by atoms with Gasteiger partial charge in [-0.3, -0.25) is 9.59 Å². The molecule has 10 rings (SSSR count). The second kappa shape index (κ2) is 8.92. The highest BCUT2D eigenvalue weighted by atomic mass is 16.5. The second-order valence-corrected chi connectivity index (χ2v) is 14.8. The van der Waals surface area contributed by atoms with Crippen LogP contribution in [-0.4, -0.2) is 103 Å². The van der Waals surface area contributed by atoms with Gasteiger partial charge in [-0.15, -0.1) is 0 Å². The third-order valence-corrected chi connectivity index (χ3v) is 13.3. The minimum Gasteiger partial charge on any atom is -0.504 e. The van der Waals surface area contributed by atoms with E-state index in [0.29, 0.717) is 36.8 Å². The van der Waals surface area contributed by atoms with Gasteiger partial charge in [0.2, 0.25) is 23.0 Å². The molecule has 8 aliphatic rings. The summed E-state index contributed by atoms with van der Waals surface area (Å²) in [4.78, 5) is 29.6. The minimum absolute atomic E-state index is 0.0620. The summed E-state index contributed by atoms with van der Waals surface area (Å²) >= 11 is 0. The van der Waals surface area contributed by atoms with Crippen molar-refractivity contribution in [2.24, 2.45) is 11.8 Å². The molecule has 0 amide bonds. The molecule has 0 unspecified atom stereocenters. The Hall–Kier alpha value is -3.90. The molecule has 2 saturated heterocycles. The number of ether oxygens (including phenoxy) is 2. The van der Waals surface area contributed by atoms with Crippen molar-refractivity contribution in [3.05, 3.63) is 22.3 Å². The van der Waals surface area contributed by atoms with Crippen LogP contribution in [0.5, 0.6) is 46.0 Å². The average Bonchev–Trinajstić information content (AvgIpc) is 3.58. The normalized spacial score (nSPS) is 37.4. The molecule has 12 nitrogen and oxygen atoms in total. The number of hydrogen-bond donors (Lipinski definition) is 6. The molecule has 4 bridgehead atoms. The zero-order valence-corrected chi connectivity index (χ0v) is 25.7. The van der Waals surface area contributed by atoms with Gasteiger partial charge in [-0.05, 0) is 77.5 Å². The van der Waals surface area contributed by atoms with Crippen LogP contribution in [0.1, 0.15) is 60.8 Å². The molecule has 4 fully saturated rings. The minimum atomic E-state index is -0.599. The van der Waals surface area contributed by atoms with Gasteiger partial charge in [0.15, 0.2) is 46.8 Å². The van der Waals surface area contributed by atoms with Crippen molar-refractivity contribution in [1.82, 2.24) is 9.80 Å². The van der Waals surface area contributed by atoms with Gasteiger partial charge in [0, 0.05) is 58.0 Å². The molecule has 244 valence electrons. The molecule has 4 heterocycles. The zero-order chi connectivity index (χ0) is 32.2. The number of ketones is 2. The zero-order valence-electron chi connectivity index (χ0n) is 25.7. The number of nitrogens with zero attached hydrogens (tertiary/aromatic N) is 2. The fourth-order valence-corrected chi connectivity index (χ4v) is 11.3. The van der Waals surface area contributed by atoms with Gasteiger partial charge in [0.25, 0.3) is 0 Å². The van der Waals surface area contributed by atoms with Gasteiger partial charge in [-0.25, -0.2) is 0 Å². The largest absolute Gasteiger partial charge is 0.504 e. The van der Waals surface area contributed by atoms with Crippen molar-refractivity contribution >= 4 is 11.6 Å². The molecule has 0 radical (unpaired) electrons. The molecule has 4 aliphatic carbocycles. The summed E-state index contributed by atoms with van der Waals surface area (Å²) in [6, 6.07) is 0.437. The second-order valence-electron chi connectivity index (χ2n) is 14.8. The third kappa shape index (κ3) is 3.04. The summed E-state index contributed by atoms with van der Waals surface area (Å²) in [5, 5.41) is 61.4. The van der Waals surface area contributed by atoms with Crippen molar-refractivity contribution in [2.45, 2.75) is 86.5 Å². The first-order chi connectivity index (χ1) is 21.9. The Balaban J connectivity index is 0.000000127. The highest BCUT2D eigenvalue weighted by Crippen LogP contribution is 2.68. The van der Waals surface area contributed by atoms with Gasteiger partial charge in [0.1, 0.15) is 0 Å². The number of likely N-dealkylation sites (tertiary alicyclic amines) is 2. The number of phenols is 6. The highest BCUT2D eigenvalue weighted by Gasteiger charge is 2.68. The number of hydrogen-bond acceptors (Lipinski definition) is 12. The third-order valence-electron chi connectivity index (χ3n) is 13.3. The van der Waals surface area contributed by atoms with Gasteiger partial charge in [0.05, 0.1) is 0 Å². The van der Waals surface area contributed by atoms with Crippen LogP contribution >= 0.6 is 0 Å². The van der Waals surface area contributed by atoms with E-state index in [4.69, 9.17) is 9.47 Å². The Bertz CT molecular complexity index is 1650. The van der Waals surface area contributed by atoms with Crippen molar-refractivity contribution in [3.8, 4) is 46.0 Å². The summed E-state index contributed by atoms with van der Waals surface area (Å²) < 4.78 is 11.8. The van der Waals surface area contributed by atoms with Crippen LogP contribution in [0.15, 0.2) is 0 Å². The van der Waals surface area contributed by atoms with E-state index in [2.05, 4.69) is 23.9 Å². The first-order valence-electron chi connectivity index (χ1n) is 16.3. The summed E-state index contributed by atoms with van der Waals surface area (Å²) in [6.45, 7) is 1.71. The average molecular weight is 635 g/mol. The molecule has 8 atom stereocenters. The molecule has 2 aromatic carbocycles. The van der Waals surface area contributed by atoms with Crippen LogP contribution in [0.4, 0.5) is 0 Å². The number of benzene rings is 2. The maximum absolute atomic E-state index is 12.5. The lowest BCUT2D eigenvalue weighted by Crippen LogP contribution is -2.65. The number of aromatic hydroxyl groups is 6. The maximum Gasteiger partial charge on any atom is 0.204 e. The first-order valence-corrected chi connectivity index (χ1v) is 16.3. The molecule has 2 spiro atoms. The van der Waals surface area contributed by atoms with E-state index < -0.39 is 46.0 Å². The Labute approximate surface area is 264 Å². The van der Waals surface area contributed by atoms with Crippen LogP contribution in [0, 0.1) is 11.8 Å². The molecular weight excluding hydrogens is 596 g/mol. The topological polar surface area (TPSA) is 180 Å². The van der Waals surface area contributed by atoms with Crippen LogP contribution in [0.25, 0.3) is 0 Å². The molecule has 2 aromatic rings. The lowest BCUT2D eigenvalue weighted by atomic mass is 9.51. The molecule has 2 saturated carbocycles. The van der Waals surface area contributed by atoms with Gasteiger partial charge < -0.3 is 49.9 Å². The highest BCUT2D eigenvalue weighted by molar-refractivity contribution is 5.91. The predicted molar refractivity (Wildman–Crippen MR) is 160 cm³/mol. The van der Waals surface area contributed by atoms with E-state index in [0.717, 1.165) is 49.9 Å².